The van der Waals surface area contributed by atoms with Gasteiger partial charge in [0, 0.05) is 34.6 Å². The summed E-state index contributed by atoms with van der Waals surface area (Å²) >= 11 is 0. The van der Waals surface area contributed by atoms with Gasteiger partial charge in [-0.3, -0.25) is 9.00 Å². The quantitative estimate of drug-likeness (QED) is 0.880. The molecular formula is C13H14N2O2S. The first kappa shape index (κ1) is 12.6. The van der Waals surface area contributed by atoms with Crippen LogP contribution in [0, 0.1) is 0 Å². The number of primary amides is 1. The average molecular weight is 262 g/mol. The van der Waals surface area contributed by atoms with Gasteiger partial charge in [-0.1, -0.05) is 12.1 Å². The Hall–Kier alpha value is -1.88. The molecule has 1 atom stereocenters. The number of nitrogens with zero attached hydrogens (tertiary/aromatic N) is 1. The highest BCUT2D eigenvalue weighted by Crippen LogP contribution is 2.12. The van der Waals surface area contributed by atoms with Crippen molar-refractivity contribution in [2.45, 2.75) is 5.75 Å². The molecule has 5 heteroatoms. The molecule has 0 fully saturated rings. The lowest BCUT2D eigenvalue weighted by atomic mass is 10.2. The molecule has 1 aromatic carbocycles. The Kier molecular flexibility index (Phi) is 3.94. The van der Waals surface area contributed by atoms with E-state index in [1.165, 1.54) is 0 Å². The van der Waals surface area contributed by atoms with Crippen molar-refractivity contribution in [3.05, 3.63) is 54.4 Å². The van der Waals surface area contributed by atoms with Gasteiger partial charge in [0.25, 0.3) is 0 Å². The number of benzene rings is 1. The van der Waals surface area contributed by atoms with Crippen molar-refractivity contribution in [3.63, 3.8) is 0 Å². The fourth-order valence-electron chi connectivity index (χ4n) is 1.71. The highest BCUT2D eigenvalue weighted by atomic mass is 32.2. The van der Waals surface area contributed by atoms with Gasteiger partial charge in [0.1, 0.15) is 5.75 Å². The lowest BCUT2D eigenvalue weighted by Gasteiger charge is -2.06. The molecule has 1 aromatic heterocycles. The van der Waals surface area contributed by atoms with E-state index in [4.69, 9.17) is 5.73 Å². The Morgan fingerprint density at radius 3 is 2.61 bits per heavy atom. The first-order valence-electron chi connectivity index (χ1n) is 5.51. The first-order chi connectivity index (χ1) is 8.65. The average Bonchev–Trinajstić information content (AvgIpc) is 2.81. The van der Waals surface area contributed by atoms with Crippen molar-refractivity contribution >= 4 is 16.7 Å². The third kappa shape index (κ3) is 3.30. The van der Waals surface area contributed by atoms with Gasteiger partial charge in [0.15, 0.2) is 0 Å². The van der Waals surface area contributed by atoms with Gasteiger partial charge < -0.3 is 10.3 Å². The molecule has 1 amide bonds. The van der Waals surface area contributed by atoms with E-state index in [-0.39, 0.29) is 5.75 Å². The third-order valence-corrected chi connectivity index (χ3v) is 3.71. The number of carbonyl (C=O) groups is 1. The van der Waals surface area contributed by atoms with Crippen LogP contribution >= 0.6 is 0 Å². The second-order valence-electron chi connectivity index (χ2n) is 3.96. The largest absolute Gasteiger partial charge is 0.369 e. The van der Waals surface area contributed by atoms with Gasteiger partial charge in [0.2, 0.25) is 5.91 Å². The van der Waals surface area contributed by atoms with Crippen LogP contribution < -0.4 is 5.73 Å². The molecular weight excluding hydrogens is 248 g/mol. The van der Waals surface area contributed by atoms with E-state index in [9.17, 15) is 9.00 Å². The van der Waals surface area contributed by atoms with E-state index >= 15 is 0 Å². The monoisotopic (exact) mass is 262 g/mol. The SMILES string of the molecule is NC(=O)C[S@@](=O)Cc1cccc(-n2cccc2)c1. The molecule has 0 aliphatic heterocycles. The Balaban J connectivity index is 2.13. The molecule has 0 aliphatic carbocycles. The molecule has 0 aliphatic rings. The maximum atomic E-state index is 11.6. The Bertz CT molecular complexity index is 564. The van der Waals surface area contributed by atoms with E-state index in [1.54, 1.807) is 0 Å². The predicted molar refractivity (Wildman–Crippen MR) is 71.7 cm³/mol. The smallest absolute Gasteiger partial charge is 0.230 e. The van der Waals surface area contributed by atoms with Crippen LogP contribution in [-0.2, 0) is 21.3 Å². The van der Waals surface area contributed by atoms with E-state index in [1.807, 2.05) is 53.4 Å². The Morgan fingerprint density at radius 1 is 1.22 bits per heavy atom. The molecule has 18 heavy (non-hydrogen) atoms. The van der Waals surface area contributed by atoms with Crippen molar-refractivity contribution in [1.29, 1.82) is 0 Å². The fourth-order valence-corrected chi connectivity index (χ4v) is 2.68. The molecule has 0 radical (unpaired) electrons. The summed E-state index contributed by atoms with van der Waals surface area (Å²) in [7, 11) is -1.24. The van der Waals surface area contributed by atoms with Crippen molar-refractivity contribution in [2.75, 3.05) is 5.75 Å². The van der Waals surface area contributed by atoms with Gasteiger partial charge in [-0.15, -0.1) is 0 Å². The molecule has 94 valence electrons. The molecule has 0 saturated carbocycles. The molecule has 0 spiro atoms. The van der Waals surface area contributed by atoms with Crippen LogP contribution in [0.25, 0.3) is 5.69 Å². The number of hydrogen-bond donors (Lipinski definition) is 1. The second kappa shape index (κ2) is 5.64. The minimum absolute atomic E-state index is 0.0895. The summed E-state index contributed by atoms with van der Waals surface area (Å²) in [5, 5.41) is 0. The molecule has 0 saturated heterocycles. The van der Waals surface area contributed by atoms with E-state index in [0.717, 1.165) is 11.3 Å². The van der Waals surface area contributed by atoms with Gasteiger partial charge >= 0.3 is 0 Å². The van der Waals surface area contributed by atoms with Gasteiger partial charge in [-0.05, 0) is 29.8 Å². The van der Waals surface area contributed by atoms with Crippen LogP contribution in [0.1, 0.15) is 5.56 Å². The van der Waals surface area contributed by atoms with Crippen molar-refractivity contribution in [3.8, 4) is 5.69 Å². The number of aromatic nitrogens is 1. The molecule has 2 N–H and O–H groups in total. The van der Waals surface area contributed by atoms with Crippen LogP contribution in [0.5, 0.6) is 0 Å². The minimum Gasteiger partial charge on any atom is -0.369 e. The van der Waals surface area contributed by atoms with Crippen LogP contribution in [0.4, 0.5) is 0 Å². The molecule has 1 heterocycles. The number of nitrogens with two attached hydrogens (primary N) is 1. The number of hydrogen-bond acceptors (Lipinski definition) is 2. The maximum absolute atomic E-state index is 11.6. The van der Waals surface area contributed by atoms with Crippen LogP contribution in [0.2, 0.25) is 0 Å². The maximum Gasteiger partial charge on any atom is 0.230 e. The Morgan fingerprint density at radius 2 is 1.94 bits per heavy atom. The highest BCUT2D eigenvalue weighted by Gasteiger charge is 2.06. The summed E-state index contributed by atoms with van der Waals surface area (Å²) in [5.41, 5.74) is 6.96. The van der Waals surface area contributed by atoms with Crippen molar-refractivity contribution < 1.29 is 9.00 Å². The van der Waals surface area contributed by atoms with E-state index < -0.39 is 16.7 Å². The second-order valence-corrected chi connectivity index (χ2v) is 5.41. The lowest BCUT2D eigenvalue weighted by Crippen LogP contribution is -2.20. The normalized spacial score (nSPS) is 12.2. The van der Waals surface area contributed by atoms with Gasteiger partial charge in [-0.2, -0.15) is 0 Å². The van der Waals surface area contributed by atoms with Gasteiger partial charge in [0.05, 0.1) is 0 Å². The summed E-state index contributed by atoms with van der Waals surface area (Å²) in [6, 6.07) is 11.6. The highest BCUT2D eigenvalue weighted by molar-refractivity contribution is 7.84. The fraction of sp³-hybridized carbons (Fsp3) is 0.154. The minimum atomic E-state index is -1.24. The van der Waals surface area contributed by atoms with Gasteiger partial charge in [-0.25, -0.2) is 0 Å². The number of amides is 1. The standard InChI is InChI=1S/C13H14N2O2S/c14-13(16)10-18(17)9-11-4-3-5-12(8-11)15-6-1-2-7-15/h1-8H,9-10H2,(H2,14,16)/t18-/m0/s1. The molecule has 0 bridgehead atoms. The summed E-state index contributed by atoms with van der Waals surface area (Å²) in [5.74, 6) is -0.277. The van der Waals surface area contributed by atoms with Crippen molar-refractivity contribution in [2.24, 2.45) is 5.73 Å². The predicted octanol–water partition coefficient (Wildman–Crippen LogP) is 1.21. The molecule has 0 unspecified atom stereocenters. The summed E-state index contributed by atoms with van der Waals surface area (Å²) in [4.78, 5) is 10.7. The zero-order chi connectivity index (χ0) is 13.0. The summed E-state index contributed by atoms with van der Waals surface area (Å²) in [6.07, 6.45) is 3.89. The zero-order valence-electron chi connectivity index (χ0n) is 9.78. The molecule has 2 aromatic rings. The summed E-state index contributed by atoms with van der Waals surface area (Å²) < 4.78 is 13.6. The molecule has 4 nitrogen and oxygen atoms in total. The Labute approximate surface area is 108 Å². The van der Waals surface area contributed by atoms with Crippen molar-refractivity contribution in [1.82, 2.24) is 4.57 Å². The number of carbonyl (C=O) groups excluding carboxylic acids is 1. The topological polar surface area (TPSA) is 65.1 Å². The van der Waals surface area contributed by atoms with Crippen LogP contribution in [0.15, 0.2) is 48.8 Å². The van der Waals surface area contributed by atoms with Crippen LogP contribution in [0.3, 0.4) is 0 Å². The zero-order valence-corrected chi connectivity index (χ0v) is 10.6. The van der Waals surface area contributed by atoms with Crippen LogP contribution in [-0.4, -0.2) is 20.4 Å². The van der Waals surface area contributed by atoms with E-state index in [0.29, 0.717) is 5.75 Å². The first-order valence-corrected chi connectivity index (χ1v) is 6.99. The lowest BCUT2D eigenvalue weighted by molar-refractivity contribution is -0.115. The summed E-state index contributed by atoms with van der Waals surface area (Å²) in [6.45, 7) is 0. The molecule has 2 rings (SSSR count). The number of rotatable bonds is 5. The van der Waals surface area contributed by atoms with E-state index in [2.05, 4.69) is 0 Å². The third-order valence-electron chi connectivity index (χ3n) is 2.44.